The fourth-order valence-corrected chi connectivity index (χ4v) is 2.97. The summed E-state index contributed by atoms with van der Waals surface area (Å²) in [6.07, 6.45) is 0. The van der Waals surface area contributed by atoms with Crippen LogP contribution in [0.4, 0.5) is 0 Å². The molecule has 20 heavy (non-hydrogen) atoms. The van der Waals surface area contributed by atoms with Crippen molar-refractivity contribution in [3.63, 3.8) is 0 Å². The lowest BCUT2D eigenvalue weighted by Crippen LogP contribution is -2.22. The molecule has 2 aromatic rings. The van der Waals surface area contributed by atoms with Crippen LogP contribution < -0.4 is 10.1 Å². The first-order chi connectivity index (χ1) is 9.65. The van der Waals surface area contributed by atoms with Gasteiger partial charge in [0, 0.05) is 8.59 Å². The molecule has 0 saturated heterocycles. The molecule has 0 aliphatic rings. The molecule has 4 heteroatoms. The number of hydrogen-bond acceptors (Lipinski definition) is 2. The van der Waals surface area contributed by atoms with Crippen molar-refractivity contribution >= 4 is 34.2 Å². The topological polar surface area (TPSA) is 21.3 Å². The molecular formula is C16H17ClINO. The molecule has 0 aliphatic heterocycles. The van der Waals surface area contributed by atoms with Gasteiger partial charge in [-0.05, 0) is 70.6 Å². The Hall–Kier alpha value is -0.780. The van der Waals surface area contributed by atoms with Crippen molar-refractivity contribution in [3.8, 4) is 5.75 Å². The van der Waals surface area contributed by atoms with Crippen molar-refractivity contribution in [2.24, 2.45) is 0 Å². The van der Waals surface area contributed by atoms with E-state index in [9.17, 15) is 0 Å². The van der Waals surface area contributed by atoms with Gasteiger partial charge in [-0.25, -0.2) is 0 Å². The number of methoxy groups -OCH3 is 1. The van der Waals surface area contributed by atoms with Crippen molar-refractivity contribution in [1.82, 2.24) is 5.32 Å². The molecule has 1 unspecified atom stereocenters. The van der Waals surface area contributed by atoms with E-state index in [4.69, 9.17) is 16.3 Å². The average molecular weight is 402 g/mol. The summed E-state index contributed by atoms with van der Waals surface area (Å²) in [5.74, 6) is 0.866. The van der Waals surface area contributed by atoms with Gasteiger partial charge >= 0.3 is 0 Å². The number of rotatable bonds is 5. The summed E-state index contributed by atoms with van der Waals surface area (Å²) in [6, 6.07) is 14.3. The van der Waals surface area contributed by atoms with Gasteiger partial charge < -0.3 is 10.1 Å². The molecule has 2 rings (SSSR count). The van der Waals surface area contributed by atoms with Gasteiger partial charge in [-0.15, -0.1) is 0 Å². The van der Waals surface area contributed by atoms with Crippen LogP contribution in [0.3, 0.4) is 0 Å². The van der Waals surface area contributed by atoms with Crippen molar-refractivity contribution in [2.75, 3.05) is 13.7 Å². The number of halogens is 2. The first-order valence-electron chi connectivity index (χ1n) is 6.48. The summed E-state index contributed by atoms with van der Waals surface area (Å²) in [7, 11) is 1.68. The molecule has 1 atom stereocenters. The summed E-state index contributed by atoms with van der Waals surface area (Å²) in [5.41, 5.74) is 2.40. The Kier molecular flexibility index (Phi) is 5.69. The maximum absolute atomic E-state index is 6.15. The Balaban J connectivity index is 2.41. The second kappa shape index (κ2) is 7.29. The van der Waals surface area contributed by atoms with Gasteiger partial charge in [0.1, 0.15) is 5.75 Å². The van der Waals surface area contributed by atoms with Crippen LogP contribution in [0.25, 0.3) is 0 Å². The molecule has 0 radical (unpaired) electrons. The van der Waals surface area contributed by atoms with E-state index < -0.39 is 0 Å². The molecule has 0 aromatic heterocycles. The predicted molar refractivity (Wildman–Crippen MR) is 92.7 cm³/mol. The van der Waals surface area contributed by atoms with Gasteiger partial charge in [0.05, 0.1) is 13.2 Å². The van der Waals surface area contributed by atoms with Crippen LogP contribution in [0.15, 0.2) is 42.5 Å². The minimum atomic E-state index is 0.136. The highest BCUT2D eigenvalue weighted by Gasteiger charge is 2.16. The highest BCUT2D eigenvalue weighted by atomic mass is 127. The summed E-state index contributed by atoms with van der Waals surface area (Å²) in [6.45, 7) is 2.99. The molecule has 1 N–H and O–H groups in total. The smallest absolute Gasteiger partial charge is 0.118 e. The van der Waals surface area contributed by atoms with E-state index in [-0.39, 0.29) is 6.04 Å². The molecular weight excluding hydrogens is 385 g/mol. The Bertz CT molecular complexity index is 571. The molecule has 106 valence electrons. The van der Waals surface area contributed by atoms with Crippen LogP contribution in [0.1, 0.15) is 24.1 Å². The van der Waals surface area contributed by atoms with E-state index in [0.717, 1.165) is 17.3 Å². The monoisotopic (exact) mass is 401 g/mol. The quantitative estimate of drug-likeness (QED) is 0.736. The van der Waals surface area contributed by atoms with Gasteiger partial charge in [-0.2, -0.15) is 0 Å². The molecule has 0 aliphatic carbocycles. The zero-order chi connectivity index (χ0) is 14.5. The average Bonchev–Trinajstić information content (AvgIpc) is 2.48. The van der Waals surface area contributed by atoms with Crippen LogP contribution in [0.5, 0.6) is 5.75 Å². The van der Waals surface area contributed by atoms with Crippen LogP contribution in [-0.2, 0) is 0 Å². The van der Waals surface area contributed by atoms with E-state index in [0.29, 0.717) is 0 Å². The maximum Gasteiger partial charge on any atom is 0.118 e. The number of benzene rings is 2. The number of nitrogens with one attached hydrogen (secondary N) is 1. The Morgan fingerprint density at radius 1 is 1.20 bits per heavy atom. The molecule has 0 heterocycles. The zero-order valence-corrected chi connectivity index (χ0v) is 14.4. The van der Waals surface area contributed by atoms with Gasteiger partial charge in [-0.1, -0.05) is 30.7 Å². The molecule has 0 saturated carbocycles. The van der Waals surface area contributed by atoms with Gasteiger partial charge in [0.15, 0.2) is 0 Å². The predicted octanol–water partition coefficient (Wildman–Crippen LogP) is 4.65. The maximum atomic E-state index is 6.15. The highest BCUT2D eigenvalue weighted by molar-refractivity contribution is 14.1. The third-order valence-electron chi connectivity index (χ3n) is 3.13. The number of ether oxygens (including phenoxy) is 1. The molecule has 0 amide bonds. The normalized spacial score (nSPS) is 12.2. The van der Waals surface area contributed by atoms with E-state index in [1.54, 1.807) is 7.11 Å². The lowest BCUT2D eigenvalue weighted by atomic mass is 9.98. The first kappa shape index (κ1) is 15.6. The third-order valence-corrected chi connectivity index (χ3v) is 4.34. The van der Waals surface area contributed by atoms with E-state index >= 15 is 0 Å². The zero-order valence-electron chi connectivity index (χ0n) is 11.5. The molecule has 2 nitrogen and oxygen atoms in total. The second-order valence-electron chi connectivity index (χ2n) is 4.43. The Morgan fingerprint density at radius 3 is 2.50 bits per heavy atom. The first-order valence-corrected chi connectivity index (χ1v) is 7.93. The van der Waals surface area contributed by atoms with Crippen molar-refractivity contribution in [2.45, 2.75) is 13.0 Å². The van der Waals surface area contributed by atoms with Crippen molar-refractivity contribution < 1.29 is 4.74 Å². The van der Waals surface area contributed by atoms with Gasteiger partial charge in [-0.3, -0.25) is 0 Å². The largest absolute Gasteiger partial charge is 0.497 e. The van der Waals surface area contributed by atoms with Gasteiger partial charge in [0.2, 0.25) is 0 Å². The van der Waals surface area contributed by atoms with Gasteiger partial charge in [0.25, 0.3) is 0 Å². The lowest BCUT2D eigenvalue weighted by molar-refractivity contribution is 0.414. The number of hydrogen-bond donors (Lipinski definition) is 1. The summed E-state index contributed by atoms with van der Waals surface area (Å²) < 4.78 is 6.42. The lowest BCUT2D eigenvalue weighted by Gasteiger charge is -2.21. The third kappa shape index (κ3) is 3.65. The standard InChI is InChI=1S/C16H17ClINO/c1-3-19-16(11-4-7-13(20-2)8-5-11)14-10-12(17)6-9-15(14)18/h4-10,16,19H,3H2,1-2H3. The van der Waals surface area contributed by atoms with E-state index in [1.807, 2.05) is 30.3 Å². The molecule has 0 spiro atoms. The summed E-state index contributed by atoms with van der Waals surface area (Å²) in [5, 5.41) is 4.28. The van der Waals surface area contributed by atoms with Crippen LogP contribution in [0, 0.1) is 3.57 Å². The van der Waals surface area contributed by atoms with Crippen molar-refractivity contribution in [3.05, 3.63) is 62.2 Å². The summed E-state index contributed by atoms with van der Waals surface area (Å²) >= 11 is 8.49. The minimum absolute atomic E-state index is 0.136. The summed E-state index contributed by atoms with van der Waals surface area (Å²) in [4.78, 5) is 0. The molecule has 0 bridgehead atoms. The van der Waals surface area contributed by atoms with E-state index in [1.165, 1.54) is 14.7 Å². The molecule has 0 fully saturated rings. The van der Waals surface area contributed by atoms with Crippen LogP contribution >= 0.6 is 34.2 Å². The minimum Gasteiger partial charge on any atom is -0.497 e. The van der Waals surface area contributed by atoms with Crippen LogP contribution in [-0.4, -0.2) is 13.7 Å². The van der Waals surface area contributed by atoms with E-state index in [2.05, 4.69) is 47.0 Å². The second-order valence-corrected chi connectivity index (χ2v) is 6.03. The van der Waals surface area contributed by atoms with Crippen LogP contribution in [0.2, 0.25) is 5.02 Å². The SMILES string of the molecule is CCNC(c1ccc(OC)cc1)c1cc(Cl)ccc1I. The fourth-order valence-electron chi connectivity index (χ4n) is 2.14. The Morgan fingerprint density at radius 2 is 1.90 bits per heavy atom. The fraction of sp³-hybridized carbons (Fsp3) is 0.250. The Labute approximate surface area is 138 Å². The molecule has 2 aromatic carbocycles. The highest BCUT2D eigenvalue weighted by Crippen LogP contribution is 2.29. The van der Waals surface area contributed by atoms with Crippen molar-refractivity contribution in [1.29, 1.82) is 0 Å².